The molecule has 25 heavy (non-hydrogen) atoms. The number of hydrogen-bond donors (Lipinski definition) is 1. The summed E-state index contributed by atoms with van der Waals surface area (Å²) in [5.41, 5.74) is 3.71. The smallest absolute Gasteiger partial charge is 0.244 e. The first-order valence-corrected chi connectivity index (χ1v) is 8.51. The number of benzene rings is 1. The summed E-state index contributed by atoms with van der Waals surface area (Å²) in [5, 5.41) is 7.86. The van der Waals surface area contributed by atoms with E-state index in [1.807, 2.05) is 43.6 Å². The summed E-state index contributed by atoms with van der Waals surface area (Å²) in [4.78, 5) is 16.2. The molecule has 2 aromatic heterocycles. The van der Waals surface area contributed by atoms with Crippen molar-refractivity contribution in [2.24, 2.45) is 0 Å². The highest BCUT2D eigenvalue weighted by molar-refractivity contribution is 6.32. The highest BCUT2D eigenvalue weighted by atomic mass is 35.5. The van der Waals surface area contributed by atoms with Crippen molar-refractivity contribution >= 4 is 29.2 Å². The standard InChI is InChI=1S/C19H19ClN4O/c1-14-11-18-22-12-15(13-24(18)23-14)5-4-10-21-19(25)9-8-16-6-2-3-7-17(16)20/h2-3,6-9,11-13H,4-5,10H2,1H3,(H,21,25)/b9-8+. The summed E-state index contributed by atoms with van der Waals surface area (Å²) in [5.74, 6) is -0.129. The number of aromatic nitrogens is 3. The van der Waals surface area contributed by atoms with Gasteiger partial charge in [0, 0.05) is 36.1 Å². The lowest BCUT2D eigenvalue weighted by molar-refractivity contribution is -0.116. The average molecular weight is 355 g/mol. The Morgan fingerprint density at radius 1 is 1.36 bits per heavy atom. The first kappa shape index (κ1) is 17.2. The minimum Gasteiger partial charge on any atom is -0.353 e. The van der Waals surface area contributed by atoms with Crippen LogP contribution in [0.4, 0.5) is 0 Å². The van der Waals surface area contributed by atoms with Crippen molar-refractivity contribution in [2.45, 2.75) is 19.8 Å². The molecule has 128 valence electrons. The van der Waals surface area contributed by atoms with Crippen molar-refractivity contribution in [3.8, 4) is 0 Å². The van der Waals surface area contributed by atoms with Crippen LogP contribution in [0.5, 0.6) is 0 Å². The second kappa shape index (κ2) is 7.94. The molecular formula is C19H19ClN4O. The summed E-state index contributed by atoms with van der Waals surface area (Å²) in [6, 6.07) is 9.35. The maximum Gasteiger partial charge on any atom is 0.244 e. The van der Waals surface area contributed by atoms with Gasteiger partial charge in [-0.05, 0) is 43.0 Å². The molecule has 0 saturated heterocycles. The number of halogens is 1. The molecule has 0 spiro atoms. The topological polar surface area (TPSA) is 59.3 Å². The molecular weight excluding hydrogens is 336 g/mol. The molecule has 3 aromatic rings. The Labute approximate surface area is 151 Å². The third kappa shape index (κ3) is 4.67. The van der Waals surface area contributed by atoms with E-state index in [0.717, 1.165) is 35.3 Å². The molecule has 0 aliphatic rings. The molecule has 1 amide bonds. The number of nitrogens with zero attached hydrogens (tertiary/aromatic N) is 3. The van der Waals surface area contributed by atoms with Crippen LogP contribution in [0, 0.1) is 6.92 Å². The zero-order chi connectivity index (χ0) is 17.6. The second-order valence-electron chi connectivity index (χ2n) is 5.80. The molecule has 0 aliphatic heterocycles. The quantitative estimate of drug-likeness (QED) is 0.545. The van der Waals surface area contributed by atoms with E-state index >= 15 is 0 Å². The van der Waals surface area contributed by atoms with Gasteiger partial charge in [-0.2, -0.15) is 5.10 Å². The average Bonchev–Trinajstić information content (AvgIpc) is 2.97. The van der Waals surface area contributed by atoms with Crippen LogP contribution in [-0.2, 0) is 11.2 Å². The predicted molar refractivity (Wildman–Crippen MR) is 99.5 cm³/mol. The lowest BCUT2D eigenvalue weighted by Gasteiger charge is -2.03. The summed E-state index contributed by atoms with van der Waals surface area (Å²) in [7, 11) is 0. The van der Waals surface area contributed by atoms with E-state index in [0.29, 0.717) is 11.6 Å². The Bertz CT molecular complexity index is 917. The minimum atomic E-state index is -0.129. The van der Waals surface area contributed by atoms with Gasteiger partial charge in [0.15, 0.2) is 5.65 Å². The van der Waals surface area contributed by atoms with Crippen LogP contribution >= 0.6 is 11.6 Å². The van der Waals surface area contributed by atoms with E-state index in [1.165, 1.54) is 6.08 Å². The Kier molecular flexibility index (Phi) is 5.46. The van der Waals surface area contributed by atoms with E-state index in [2.05, 4.69) is 15.4 Å². The Morgan fingerprint density at radius 2 is 2.20 bits per heavy atom. The second-order valence-corrected chi connectivity index (χ2v) is 6.21. The van der Waals surface area contributed by atoms with Gasteiger partial charge in [0.1, 0.15) is 0 Å². The molecule has 3 rings (SSSR count). The van der Waals surface area contributed by atoms with Crippen LogP contribution in [0.25, 0.3) is 11.7 Å². The molecule has 1 N–H and O–H groups in total. The number of carbonyl (C=O) groups is 1. The van der Waals surface area contributed by atoms with Crippen LogP contribution in [0.3, 0.4) is 0 Å². The van der Waals surface area contributed by atoms with Crippen LogP contribution in [0.2, 0.25) is 5.02 Å². The Hall–Kier alpha value is -2.66. The fraction of sp³-hybridized carbons (Fsp3) is 0.211. The van der Waals surface area contributed by atoms with E-state index in [9.17, 15) is 4.79 Å². The van der Waals surface area contributed by atoms with Crippen molar-refractivity contribution in [1.82, 2.24) is 19.9 Å². The first-order valence-electron chi connectivity index (χ1n) is 8.13. The summed E-state index contributed by atoms with van der Waals surface area (Å²) >= 11 is 6.05. The number of fused-ring (bicyclic) bond motifs is 1. The Morgan fingerprint density at radius 3 is 3.04 bits per heavy atom. The zero-order valence-corrected chi connectivity index (χ0v) is 14.7. The first-order chi connectivity index (χ1) is 12.1. The summed E-state index contributed by atoms with van der Waals surface area (Å²) < 4.78 is 1.79. The van der Waals surface area contributed by atoms with Crippen LogP contribution in [0.1, 0.15) is 23.2 Å². The zero-order valence-electron chi connectivity index (χ0n) is 13.9. The van der Waals surface area contributed by atoms with Crippen molar-refractivity contribution < 1.29 is 4.79 Å². The number of carbonyl (C=O) groups excluding carboxylic acids is 1. The van der Waals surface area contributed by atoms with E-state index in [-0.39, 0.29) is 5.91 Å². The van der Waals surface area contributed by atoms with Gasteiger partial charge in [-0.1, -0.05) is 29.8 Å². The van der Waals surface area contributed by atoms with Gasteiger partial charge in [-0.3, -0.25) is 4.79 Å². The fourth-order valence-electron chi connectivity index (χ4n) is 2.50. The predicted octanol–water partition coefficient (Wildman–Crippen LogP) is 3.45. The van der Waals surface area contributed by atoms with Gasteiger partial charge >= 0.3 is 0 Å². The van der Waals surface area contributed by atoms with Gasteiger partial charge in [0.2, 0.25) is 5.91 Å². The van der Waals surface area contributed by atoms with Crippen LogP contribution in [0.15, 0.2) is 48.8 Å². The fourth-order valence-corrected chi connectivity index (χ4v) is 2.70. The summed E-state index contributed by atoms with van der Waals surface area (Å²) in [6.07, 6.45) is 8.72. The molecule has 0 saturated carbocycles. The molecule has 0 unspecified atom stereocenters. The third-order valence-corrected chi connectivity index (χ3v) is 4.09. The minimum absolute atomic E-state index is 0.129. The Balaban J connectivity index is 1.45. The molecule has 0 atom stereocenters. The lowest BCUT2D eigenvalue weighted by Crippen LogP contribution is -2.22. The largest absolute Gasteiger partial charge is 0.353 e. The van der Waals surface area contributed by atoms with Crippen LogP contribution < -0.4 is 5.32 Å². The highest BCUT2D eigenvalue weighted by Gasteiger charge is 2.02. The monoisotopic (exact) mass is 354 g/mol. The van der Waals surface area contributed by atoms with E-state index in [4.69, 9.17) is 11.6 Å². The van der Waals surface area contributed by atoms with E-state index < -0.39 is 0 Å². The van der Waals surface area contributed by atoms with Gasteiger partial charge in [-0.15, -0.1) is 0 Å². The number of aryl methyl sites for hydroxylation is 2. The van der Waals surface area contributed by atoms with Gasteiger partial charge in [0.05, 0.1) is 5.69 Å². The third-order valence-electron chi connectivity index (χ3n) is 3.75. The van der Waals surface area contributed by atoms with E-state index in [1.54, 1.807) is 16.7 Å². The maximum atomic E-state index is 11.8. The van der Waals surface area contributed by atoms with Crippen molar-refractivity contribution in [1.29, 1.82) is 0 Å². The molecule has 5 nitrogen and oxygen atoms in total. The highest BCUT2D eigenvalue weighted by Crippen LogP contribution is 2.16. The number of amides is 1. The number of hydrogen-bond acceptors (Lipinski definition) is 3. The molecule has 1 aromatic carbocycles. The maximum absolute atomic E-state index is 11.8. The van der Waals surface area contributed by atoms with Crippen molar-refractivity contribution in [3.63, 3.8) is 0 Å². The SMILES string of the molecule is Cc1cc2ncc(CCCNC(=O)/C=C/c3ccccc3Cl)cn2n1. The molecule has 0 aliphatic carbocycles. The molecule has 0 fully saturated rings. The summed E-state index contributed by atoms with van der Waals surface area (Å²) in [6.45, 7) is 2.54. The number of rotatable bonds is 6. The molecule has 6 heteroatoms. The normalized spacial score (nSPS) is 11.3. The number of nitrogens with one attached hydrogen (secondary N) is 1. The molecule has 0 bridgehead atoms. The van der Waals surface area contributed by atoms with Gasteiger partial charge < -0.3 is 5.32 Å². The molecule has 2 heterocycles. The van der Waals surface area contributed by atoms with Gasteiger partial charge in [-0.25, -0.2) is 9.50 Å². The van der Waals surface area contributed by atoms with Crippen molar-refractivity contribution in [2.75, 3.05) is 6.54 Å². The lowest BCUT2D eigenvalue weighted by atomic mass is 10.2. The van der Waals surface area contributed by atoms with Crippen LogP contribution in [-0.4, -0.2) is 27.0 Å². The van der Waals surface area contributed by atoms with Crippen molar-refractivity contribution in [3.05, 3.63) is 70.6 Å². The molecule has 0 radical (unpaired) electrons. The van der Waals surface area contributed by atoms with Gasteiger partial charge in [0.25, 0.3) is 0 Å².